The summed E-state index contributed by atoms with van der Waals surface area (Å²) in [5.41, 5.74) is 7.14. The lowest BCUT2D eigenvalue weighted by Crippen LogP contribution is -2.58. The molecular formula is C23H32N6O6S2. The molecule has 0 aliphatic carbocycles. The van der Waals surface area contributed by atoms with E-state index in [0.717, 1.165) is 0 Å². The second-order valence-corrected chi connectivity index (χ2v) is 9.59. The number of rotatable bonds is 15. The van der Waals surface area contributed by atoms with Crippen molar-refractivity contribution in [3.05, 3.63) is 48.0 Å². The first-order valence-electron chi connectivity index (χ1n) is 11.4. The van der Waals surface area contributed by atoms with Gasteiger partial charge in [0.2, 0.25) is 17.7 Å². The van der Waals surface area contributed by atoms with Crippen molar-refractivity contribution in [1.82, 2.24) is 25.9 Å². The average Bonchev–Trinajstić information content (AvgIpc) is 3.38. The summed E-state index contributed by atoms with van der Waals surface area (Å²) < 4.78 is 0. The SMILES string of the molecule is CSCCC(N)C(=O)NC(Cc1ccc(O)cc1)C(=O)NC(Cc1cnc[nH]1)C(=O)NC(CS)C(=O)O. The first-order chi connectivity index (χ1) is 17.6. The third-order valence-electron chi connectivity index (χ3n) is 5.39. The van der Waals surface area contributed by atoms with Gasteiger partial charge in [-0.15, -0.1) is 0 Å². The number of nitrogens with zero attached hydrogens (tertiary/aromatic N) is 1. The summed E-state index contributed by atoms with van der Waals surface area (Å²) in [6, 6.07) is 1.73. The quantitative estimate of drug-likeness (QED) is 0.134. The molecule has 37 heavy (non-hydrogen) atoms. The van der Waals surface area contributed by atoms with Gasteiger partial charge in [-0.2, -0.15) is 24.4 Å². The van der Waals surface area contributed by atoms with E-state index in [0.29, 0.717) is 23.4 Å². The number of carbonyl (C=O) groups is 4. The van der Waals surface area contributed by atoms with Gasteiger partial charge in [0.15, 0.2) is 0 Å². The Morgan fingerprint density at radius 3 is 2.16 bits per heavy atom. The van der Waals surface area contributed by atoms with Crippen molar-refractivity contribution in [2.75, 3.05) is 17.8 Å². The molecule has 4 unspecified atom stereocenters. The van der Waals surface area contributed by atoms with Crippen LogP contribution in [0.25, 0.3) is 0 Å². The number of carbonyl (C=O) groups excluding carboxylic acids is 3. The number of imidazole rings is 1. The second-order valence-electron chi connectivity index (χ2n) is 8.24. The minimum absolute atomic E-state index is 0.0103. The van der Waals surface area contributed by atoms with Crippen LogP contribution in [0.2, 0.25) is 0 Å². The van der Waals surface area contributed by atoms with Gasteiger partial charge >= 0.3 is 5.97 Å². The molecule has 0 spiro atoms. The van der Waals surface area contributed by atoms with Crippen LogP contribution >= 0.6 is 24.4 Å². The van der Waals surface area contributed by atoms with Crippen LogP contribution in [0.3, 0.4) is 0 Å². The molecule has 0 aliphatic rings. The lowest BCUT2D eigenvalue weighted by molar-refractivity contribution is -0.141. The monoisotopic (exact) mass is 552 g/mol. The molecule has 4 atom stereocenters. The molecule has 2 aromatic rings. The molecule has 1 heterocycles. The fraction of sp³-hybridized carbons (Fsp3) is 0.435. The number of hydrogen-bond donors (Lipinski definition) is 8. The Morgan fingerprint density at radius 1 is 1.03 bits per heavy atom. The average molecular weight is 553 g/mol. The smallest absolute Gasteiger partial charge is 0.327 e. The minimum Gasteiger partial charge on any atom is -0.508 e. The van der Waals surface area contributed by atoms with Crippen LogP contribution in [0.15, 0.2) is 36.8 Å². The number of aromatic nitrogens is 2. The number of aromatic hydroxyl groups is 1. The van der Waals surface area contributed by atoms with Crippen LogP contribution in [0.5, 0.6) is 5.75 Å². The molecule has 202 valence electrons. The molecule has 0 aliphatic heterocycles. The lowest BCUT2D eigenvalue weighted by atomic mass is 10.0. The van der Waals surface area contributed by atoms with Crippen LogP contribution in [-0.2, 0) is 32.0 Å². The first kappa shape index (κ1) is 30.0. The van der Waals surface area contributed by atoms with E-state index >= 15 is 0 Å². The summed E-state index contributed by atoms with van der Waals surface area (Å²) in [7, 11) is 0. The fourth-order valence-corrected chi connectivity index (χ4v) is 4.02. The van der Waals surface area contributed by atoms with Gasteiger partial charge in [-0.1, -0.05) is 12.1 Å². The Balaban J connectivity index is 2.25. The van der Waals surface area contributed by atoms with Crippen LogP contribution < -0.4 is 21.7 Å². The second kappa shape index (κ2) is 15.1. The summed E-state index contributed by atoms with van der Waals surface area (Å²) in [6.07, 6.45) is 5.22. The largest absolute Gasteiger partial charge is 0.508 e. The normalized spacial score (nSPS) is 14.1. The fourth-order valence-electron chi connectivity index (χ4n) is 3.29. The highest BCUT2D eigenvalue weighted by Crippen LogP contribution is 2.12. The van der Waals surface area contributed by atoms with Crippen molar-refractivity contribution >= 4 is 48.1 Å². The van der Waals surface area contributed by atoms with Gasteiger partial charge < -0.3 is 36.9 Å². The number of carboxylic acid groups (broad SMARTS) is 1. The van der Waals surface area contributed by atoms with E-state index < -0.39 is 47.9 Å². The highest BCUT2D eigenvalue weighted by atomic mass is 32.2. The number of thioether (sulfide) groups is 1. The molecule has 0 fully saturated rings. The molecule has 0 saturated heterocycles. The van der Waals surface area contributed by atoms with Crippen molar-refractivity contribution in [2.45, 2.75) is 43.4 Å². The van der Waals surface area contributed by atoms with E-state index in [9.17, 15) is 29.4 Å². The first-order valence-corrected chi connectivity index (χ1v) is 13.4. The molecule has 14 heteroatoms. The highest BCUT2D eigenvalue weighted by molar-refractivity contribution is 7.98. The molecule has 0 radical (unpaired) electrons. The molecule has 3 amide bonds. The molecule has 8 N–H and O–H groups in total. The summed E-state index contributed by atoms with van der Waals surface area (Å²) in [5.74, 6) is -2.66. The van der Waals surface area contributed by atoms with Gasteiger partial charge in [0.05, 0.1) is 12.4 Å². The van der Waals surface area contributed by atoms with Gasteiger partial charge in [-0.05, 0) is 36.1 Å². The number of H-pyrrole nitrogens is 1. The number of aromatic amines is 1. The maximum atomic E-state index is 13.4. The number of hydrogen-bond acceptors (Lipinski definition) is 9. The predicted octanol–water partition coefficient (Wildman–Crippen LogP) is -0.550. The van der Waals surface area contributed by atoms with Crippen LogP contribution in [-0.4, -0.2) is 85.8 Å². The zero-order chi connectivity index (χ0) is 27.4. The highest BCUT2D eigenvalue weighted by Gasteiger charge is 2.30. The summed E-state index contributed by atoms with van der Waals surface area (Å²) in [5, 5.41) is 26.5. The summed E-state index contributed by atoms with van der Waals surface area (Å²) >= 11 is 5.49. The summed E-state index contributed by atoms with van der Waals surface area (Å²) in [4.78, 5) is 57.1. The maximum Gasteiger partial charge on any atom is 0.327 e. The Kier molecular flexibility index (Phi) is 12.3. The van der Waals surface area contributed by atoms with E-state index in [1.165, 1.54) is 36.4 Å². The Hall–Kier alpha value is -3.23. The molecule has 1 aromatic carbocycles. The lowest BCUT2D eigenvalue weighted by Gasteiger charge is -2.25. The zero-order valence-electron chi connectivity index (χ0n) is 20.2. The number of nitrogens with one attached hydrogen (secondary N) is 4. The molecule has 0 saturated carbocycles. The number of phenols is 1. The number of aliphatic carboxylic acids is 1. The van der Waals surface area contributed by atoms with Crippen molar-refractivity contribution in [2.24, 2.45) is 5.73 Å². The third kappa shape index (κ3) is 9.98. The summed E-state index contributed by atoms with van der Waals surface area (Å²) in [6.45, 7) is 0. The molecular weight excluding hydrogens is 520 g/mol. The van der Waals surface area contributed by atoms with Gasteiger partial charge in [0, 0.05) is 30.5 Å². The molecule has 12 nitrogen and oxygen atoms in total. The van der Waals surface area contributed by atoms with Crippen LogP contribution in [0.4, 0.5) is 0 Å². The Labute approximate surface area is 224 Å². The molecule has 1 aromatic heterocycles. The van der Waals surface area contributed by atoms with E-state index in [1.54, 1.807) is 12.1 Å². The number of nitrogens with two attached hydrogens (primary N) is 1. The third-order valence-corrected chi connectivity index (χ3v) is 6.40. The standard InChI is InChI=1S/C23H32N6O6S2/c1-37-7-6-16(24)20(31)27-17(8-13-2-4-15(30)5-3-13)21(32)28-18(9-14-10-25-12-26-14)22(33)29-19(11-36)23(34)35/h2-5,10,12,16-19,30,36H,6-9,11,24H2,1H3,(H,25,26)(H,27,31)(H,28,32)(H,29,33)(H,34,35). The topological polar surface area (TPSA) is 200 Å². The number of amides is 3. The van der Waals surface area contributed by atoms with Gasteiger partial charge in [-0.3, -0.25) is 14.4 Å². The Bertz CT molecular complexity index is 1040. The zero-order valence-corrected chi connectivity index (χ0v) is 21.9. The van der Waals surface area contributed by atoms with E-state index in [4.69, 9.17) is 5.73 Å². The number of carboxylic acids is 1. The van der Waals surface area contributed by atoms with Crippen molar-refractivity contribution in [3.63, 3.8) is 0 Å². The van der Waals surface area contributed by atoms with Gasteiger partial charge in [-0.25, -0.2) is 9.78 Å². The number of thiol groups is 1. The number of phenolic OH excluding ortho intramolecular Hbond substituents is 1. The van der Waals surface area contributed by atoms with E-state index in [1.807, 2.05) is 6.26 Å². The molecule has 2 rings (SSSR count). The minimum atomic E-state index is -1.27. The van der Waals surface area contributed by atoms with Crippen LogP contribution in [0, 0.1) is 0 Å². The van der Waals surface area contributed by atoms with Crippen molar-refractivity contribution in [1.29, 1.82) is 0 Å². The Morgan fingerprint density at radius 2 is 1.62 bits per heavy atom. The van der Waals surface area contributed by atoms with Gasteiger partial charge in [0.25, 0.3) is 0 Å². The predicted molar refractivity (Wildman–Crippen MR) is 142 cm³/mol. The van der Waals surface area contributed by atoms with Gasteiger partial charge in [0.1, 0.15) is 23.9 Å². The van der Waals surface area contributed by atoms with Crippen LogP contribution in [0.1, 0.15) is 17.7 Å². The number of benzene rings is 1. The van der Waals surface area contributed by atoms with Crippen molar-refractivity contribution < 1.29 is 29.4 Å². The van der Waals surface area contributed by atoms with Crippen molar-refractivity contribution in [3.8, 4) is 5.75 Å². The maximum absolute atomic E-state index is 13.4. The van der Waals surface area contributed by atoms with E-state index in [2.05, 4.69) is 38.5 Å². The molecule has 0 bridgehead atoms. The van der Waals surface area contributed by atoms with E-state index in [-0.39, 0.29) is 24.3 Å².